The molecule has 2 heterocycles. The molecule has 0 spiro atoms. The number of aromatic nitrogens is 3. The molecule has 0 fully saturated rings. The van der Waals surface area contributed by atoms with Crippen molar-refractivity contribution in [2.75, 3.05) is 12.4 Å². The van der Waals surface area contributed by atoms with E-state index in [1.54, 1.807) is 19.5 Å². The molecule has 3 rings (SSSR count). The molecule has 0 unspecified atom stereocenters. The highest BCUT2D eigenvalue weighted by Crippen LogP contribution is 2.31. The zero-order chi connectivity index (χ0) is 15.7. The summed E-state index contributed by atoms with van der Waals surface area (Å²) in [6, 6.07) is 7.92. The van der Waals surface area contributed by atoms with Crippen LogP contribution in [0.2, 0.25) is 0 Å². The molecule has 0 atom stereocenters. The highest BCUT2D eigenvalue weighted by Gasteiger charge is 2.19. The van der Waals surface area contributed by atoms with Crippen LogP contribution in [0.15, 0.2) is 42.9 Å². The molecule has 5 heteroatoms. The van der Waals surface area contributed by atoms with Crippen molar-refractivity contribution in [3.63, 3.8) is 0 Å². The van der Waals surface area contributed by atoms with E-state index in [-0.39, 0.29) is 5.54 Å². The number of nitrogens with zero attached hydrogens (tertiary/aromatic N) is 3. The van der Waals surface area contributed by atoms with Gasteiger partial charge in [0.05, 0.1) is 13.3 Å². The van der Waals surface area contributed by atoms with Gasteiger partial charge in [-0.25, -0.2) is 4.98 Å². The molecule has 3 aromatic rings. The number of anilines is 1. The Morgan fingerprint density at radius 2 is 1.86 bits per heavy atom. The van der Waals surface area contributed by atoms with Crippen molar-refractivity contribution in [3.8, 4) is 17.0 Å². The van der Waals surface area contributed by atoms with Crippen LogP contribution < -0.4 is 10.1 Å². The third kappa shape index (κ3) is 2.74. The van der Waals surface area contributed by atoms with Gasteiger partial charge in [-0.2, -0.15) is 0 Å². The molecule has 5 nitrogen and oxygen atoms in total. The van der Waals surface area contributed by atoms with E-state index in [0.717, 1.165) is 28.5 Å². The van der Waals surface area contributed by atoms with Gasteiger partial charge in [0.15, 0.2) is 5.65 Å². The van der Waals surface area contributed by atoms with Crippen molar-refractivity contribution in [2.45, 2.75) is 26.3 Å². The number of hydrogen-bond donors (Lipinski definition) is 1. The SMILES string of the molecule is COc1ccc(-c2nc3cnccn3c2NC(C)(C)C)cc1. The minimum Gasteiger partial charge on any atom is -0.497 e. The zero-order valence-corrected chi connectivity index (χ0v) is 13.3. The van der Waals surface area contributed by atoms with Gasteiger partial charge in [-0.3, -0.25) is 9.38 Å². The molecule has 1 aromatic carbocycles. The molecule has 0 saturated carbocycles. The van der Waals surface area contributed by atoms with Crippen molar-refractivity contribution < 1.29 is 4.74 Å². The smallest absolute Gasteiger partial charge is 0.157 e. The minimum atomic E-state index is -0.0690. The van der Waals surface area contributed by atoms with Crippen LogP contribution in [0.4, 0.5) is 5.82 Å². The van der Waals surface area contributed by atoms with Gasteiger partial charge in [0.2, 0.25) is 0 Å². The lowest BCUT2D eigenvalue weighted by atomic mass is 10.1. The van der Waals surface area contributed by atoms with Gasteiger partial charge in [-0.1, -0.05) is 0 Å². The van der Waals surface area contributed by atoms with Crippen LogP contribution in [-0.2, 0) is 0 Å². The molecule has 0 aliphatic rings. The fourth-order valence-corrected chi connectivity index (χ4v) is 2.33. The van der Waals surface area contributed by atoms with Gasteiger partial charge >= 0.3 is 0 Å². The second-order valence-electron chi connectivity index (χ2n) is 6.22. The number of fused-ring (bicyclic) bond motifs is 1. The fraction of sp³-hybridized carbons (Fsp3) is 0.294. The van der Waals surface area contributed by atoms with E-state index >= 15 is 0 Å². The normalized spacial score (nSPS) is 11.6. The van der Waals surface area contributed by atoms with Crippen LogP contribution in [0.5, 0.6) is 5.75 Å². The summed E-state index contributed by atoms with van der Waals surface area (Å²) in [6.07, 6.45) is 5.45. The maximum absolute atomic E-state index is 5.22. The average molecular weight is 296 g/mol. The Bertz CT molecular complexity index is 785. The summed E-state index contributed by atoms with van der Waals surface area (Å²) >= 11 is 0. The Kier molecular flexibility index (Phi) is 3.48. The van der Waals surface area contributed by atoms with E-state index in [4.69, 9.17) is 9.72 Å². The summed E-state index contributed by atoms with van der Waals surface area (Å²) in [7, 11) is 1.66. The Morgan fingerprint density at radius 1 is 1.14 bits per heavy atom. The molecular formula is C17H20N4O. The molecule has 0 saturated heterocycles. The number of methoxy groups -OCH3 is 1. The zero-order valence-electron chi connectivity index (χ0n) is 13.3. The highest BCUT2D eigenvalue weighted by atomic mass is 16.5. The van der Waals surface area contributed by atoms with E-state index in [1.807, 2.05) is 34.9 Å². The third-order valence-electron chi connectivity index (χ3n) is 3.29. The van der Waals surface area contributed by atoms with E-state index in [1.165, 1.54) is 0 Å². The molecule has 2 aromatic heterocycles. The van der Waals surface area contributed by atoms with Crippen LogP contribution in [0.3, 0.4) is 0 Å². The van der Waals surface area contributed by atoms with Gasteiger partial charge < -0.3 is 10.1 Å². The topological polar surface area (TPSA) is 51.5 Å². The average Bonchev–Trinajstić information content (AvgIpc) is 2.84. The molecule has 0 aliphatic heterocycles. The van der Waals surface area contributed by atoms with Crippen molar-refractivity contribution >= 4 is 11.5 Å². The first-order chi connectivity index (χ1) is 10.5. The van der Waals surface area contributed by atoms with Gasteiger partial charge in [0, 0.05) is 23.5 Å². The lowest BCUT2D eigenvalue weighted by Gasteiger charge is -2.22. The van der Waals surface area contributed by atoms with Crippen LogP contribution in [-0.4, -0.2) is 27.0 Å². The quantitative estimate of drug-likeness (QED) is 0.802. The molecule has 0 amide bonds. The standard InChI is InChI=1S/C17H20N4O/c1-17(2,3)20-16-15(12-5-7-13(22-4)8-6-12)19-14-11-18-9-10-21(14)16/h5-11,20H,1-4H3. The van der Waals surface area contributed by atoms with Crippen molar-refractivity contribution in [1.29, 1.82) is 0 Å². The molecule has 1 N–H and O–H groups in total. The molecule has 0 radical (unpaired) electrons. The van der Waals surface area contributed by atoms with E-state index in [0.29, 0.717) is 0 Å². The first kappa shape index (κ1) is 14.4. The largest absolute Gasteiger partial charge is 0.497 e. The Labute approximate surface area is 130 Å². The lowest BCUT2D eigenvalue weighted by Crippen LogP contribution is -2.27. The van der Waals surface area contributed by atoms with Gasteiger partial charge in [0.25, 0.3) is 0 Å². The van der Waals surface area contributed by atoms with Crippen LogP contribution in [0.1, 0.15) is 20.8 Å². The number of imidazole rings is 1. The number of benzene rings is 1. The highest BCUT2D eigenvalue weighted by molar-refractivity contribution is 5.77. The maximum Gasteiger partial charge on any atom is 0.157 e. The van der Waals surface area contributed by atoms with E-state index in [2.05, 4.69) is 31.1 Å². The summed E-state index contributed by atoms with van der Waals surface area (Å²) in [5.41, 5.74) is 2.70. The van der Waals surface area contributed by atoms with Crippen LogP contribution in [0.25, 0.3) is 16.9 Å². The summed E-state index contributed by atoms with van der Waals surface area (Å²) in [4.78, 5) is 8.87. The molecule has 114 valence electrons. The van der Waals surface area contributed by atoms with Crippen LogP contribution in [0, 0.1) is 0 Å². The summed E-state index contributed by atoms with van der Waals surface area (Å²) < 4.78 is 7.25. The second-order valence-corrected chi connectivity index (χ2v) is 6.22. The number of rotatable bonds is 3. The first-order valence-corrected chi connectivity index (χ1v) is 7.22. The van der Waals surface area contributed by atoms with Crippen LogP contribution >= 0.6 is 0 Å². The lowest BCUT2D eigenvalue weighted by molar-refractivity contribution is 0.415. The minimum absolute atomic E-state index is 0.0690. The fourth-order valence-electron chi connectivity index (χ4n) is 2.33. The van der Waals surface area contributed by atoms with E-state index in [9.17, 15) is 0 Å². The first-order valence-electron chi connectivity index (χ1n) is 7.22. The second kappa shape index (κ2) is 5.33. The van der Waals surface area contributed by atoms with E-state index < -0.39 is 0 Å². The monoisotopic (exact) mass is 296 g/mol. The van der Waals surface area contributed by atoms with Gasteiger partial charge in [-0.05, 0) is 45.0 Å². The number of nitrogens with one attached hydrogen (secondary N) is 1. The maximum atomic E-state index is 5.22. The number of hydrogen-bond acceptors (Lipinski definition) is 4. The molecular weight excluding hydrogens is 276 g/mol. The molecule has 0 aliphatic carbocycles. The van der Waals surface area contributed by atoms with Crippen molar-refractivity contribution in [3.05, 3.63) is 42.9 Å². The number of ether oxygens (including phenoxy) is 1. The Hall–Kier alpha value is -2.56. The van der Waals surface area contributed by atoms with Crippen molar-refractivity contribution in [2.24, 2.45) is 0 Å². The predicted octanol–water partition coefficient (Wildman–Crippen LogP) is 3.62. The van der Waals surface area contributed by atoms with Gasteiger partial charge in [-0.15, -0.1) is 0 Å². The molecule has 22 heavy (non-hydrogen) atoms. The summed E-state index contributed by atoms with van der Waals surface area (Å²) in [5, 5.41) is 3.54. The molecule has 0 bridgehead atoms. The predicted molar refractivity (Wildman–Crippen MR) is 88.4 cm³/mol. The summed E-state index contributed by atoms with van der Waals surface area (Å²) in [6.45, 7) is 6.39. The van der Waals surface area contributed by atoms with Crippen molar-refractivity contribution in [1.82, 2.24) is 14.4 Å². The Morgan fingerprint density at radius 3 is 2.50 bits per heavy atom. The third-order valence-corrected chi connectivity index (χ3v) is 3.29. The Balaban J connectivity index is 2.16. The summed E-state index contributed by atoms with van der Waals surface area (Å²) in [5.74, 6) is 1.80. The van der Waals surface area contributed by atoms with Gasteiger partial charge in [0.1, 0.15) is 17.3 Å².